The minimum atomic E-state index is -4.50. The fourth-order valence-corrected chi connectivity index (χ4v) is 6.72. The molecule has 5 rings (SSSR count). The molecular formula is C39H46F3N7O2S. The number of benzene rings is 2. The SMILES string of the molecule is Cc1cc(NC(=O)C(C)c2ccc(Nc3nc(C(F)(F)F)cs3)cc2)n(CCCc2cc(NC(=O)C(C)c3ccc(CC(C)C)cc3)n(C)n2)c1C. The van der Waals surface area contributed by atoms with E-state index in [4.69, 9.17) is 0 Å². The molecule has 0 spiro atoms. The Bertz CT molecular complexity index is 1990. The number of amides is 2. The van der Waals surface area contributed by atoms with Crippen molar-refractivity contribution in [1.82, 2.24) is 19.3 Å². The Hall–Kier alpha value is -4.91. The Morgan fingerprint density at radius 2 is 1.46 bits per heavy atom. The van der Waals surface area contributed by atoms with Gasteiger partial charge in [0.15, 0.2) is 10.8 Å². The van der Waals surface area contributed by atoms with Crippen LogP contribution in [-0.2, 0) is 42.2 Å². The first-order chi connectivity index (χ1) is 24.6. The molecule has 9 nitrogen and oxygen atoms in total. The normalized spacial score (nSPS) is 12.9. The maximum absolute atomic E-state index is 13.4. The van der Waals surface area contributed by atoms with Crippen LogP contribution in [0.5, 0.6) is 0 Å². The molecule has 3 heterocycles. The van der Waals surface area contributed by atoms with Crippen molar-refractivity contribution in [3.63, 3.8) is 0 Å². The van der Waals surface area contributed by atoms with E-state index in [1.54, 1.807) is 28.9 Å². The summed E-state index contributed by atoms with van der Waals surface area (Å²) in [5.74, 6) is 0.847. The average molecular weight is 734 g/mol. The van der Waals surface area contributed by atoms with Crippen LogP contribution in [0.3, 0.4) is 0 Å². The zero-order valence-corrected chi connectivity index (χ0v) is 31.4. The van der Waals surface area contributed by atoms with Crippen LogP contribution in [-0.4, -0.2) is 31.1 Å². The molecule has 0 fully saturated rings. The number of carbonyl (C=O) groups excluding carboxylic acids is 2. The first kappa shape index (κ1) is 38.3. The predicted octanol–water partition coefficient (Wildman–Crippen LogP) is 9.37. The minimum Gasteiger partial charge on any atom is -0.332 e. The zero-order valence-electron chi connectivity index (χ0n) is 30.6. The van der Waals surface area contributed by atoms with Crippen molar-refractivity contribution in [3.8, 4) is 0 Å². The Labute approximate surface area is 306 Å². The van der Waals surface area contributed by atoms with Crippen LogP contribution < -0.4 is 16.0 Å². The number of aryl methyl sites for hydroxylation is 3. The lowest BCUT2D eigenvalue weighted by Crippen LogP contribution is -2.21. The summed E-state index contributed by atoms with van der Waals surface area (Å²) < 4.78 is 42.5. The predicted molar refractivity (Wildman–Crippen MR) is 201 cm³/mol. The maximum Gasteiger partial charge on any atom is 0.434 e. The molecule has 2 atom stereocenters. The molecule has 2 amide bonds. The third-order valence-electron chi connectivity index (χ3n) is 9.23. The minimum absolute atomic E-state index is 0.0922. The number of hydrogen-bond donors (Lipinski definition) is 3. The number of nitrogens with one attached hydrogen (secondary N) is 3. The van der Waals surface area contributed by atoms with Crippen LogP contribution in [0.15, 0.2) is 66.0 Å². The zero-order chi connectivity index (χ0) is 37.7. The lowest BCUT2D eigenvalue weighted by molar-refractivity contribution is -0.140. The van der Waals surface area contributed by atoms with E-state index >= 15 is 0 Å². The molecule has 0 saturated carbocycles. The van der Waals surface area contributed by atoms with Gasteiger partial charge in [-0.1, -0.05) is 50.2 Å². The molecule has 2 aromatic carbocycles. The highest BCUT2D eigenvalue weighted by Gasteiger charge is 2.33. The quantitative estimate of drug-likeness (QED) is 0.106. The summed E-state index contributed by atoms with van der Waals surface area (Å²) in [6.45, 7) is 12.8. The van der Waals surface area contributed by atoms with Gasteiger partial charge in [0.05, 0.1) is 17.5 Å². The van der Waals surface area contributed by atoms with Crippen LogP contribution in [0.4, 0.5) is 35.6 Å². The summed E-state index contributed by atoms with van der Waals surface area (Å²) in [7, 11) is 1.82. The molecule has 0 bridgehead atoms. The standard InChI is InChI=1S/C39H46F3N7O2S/c1-23(2)19-28-10-12-29(13-11-28)25(4)36(50)45-34-21-32(47-48(34)7)9-8-18-49-27(6)24(3)20-35(49)46-37(51)26(5)30-14-16-31(17-15-30)43-38-44-33(22-52-38)39(40,41)42/h10-17,20-23,25-26H,8-9,18-19H2,1-7H3,(H,43,44)(H,45,50)(H,46,51). The molecule has 3 aromatic heterocycles. The highest BCUT2D eigenvalue weighted by molar-refractivity contribution is 7.13. The number of alkyl halides is 3. The third kappa shape index (κ3) is 9.49. The van der Waals surface area contributed by atoms with Gasteiger partial charge in [0, 0.05) is 36.4 Å². The largest absolute Gasteiger partial charge is 0.434 e. The topological polar surface area (TPSA) is 106 Å². The van der Waals surface area contributed by atoms with Crippen molar-refractivity contribution in [3.05, 3.63) is 105 Å². The molecular weight excluding hydrogens is 688 g/mol. The first-order valence-electron chi connectivity index (χ1n) is 17.4. The van der Waals surface area contributed by atoms with Gasteiger partial charge in [-0.25, -0.2) is 4.98 Å². The summed E-state index contributed by atoms with van der Waals surface area (Å²) in [5.41, 5.74) is 5.59. The van der Waals surface area contributed by atoms with Crippen molar-refractivity contribution < 1.29 is 22.8 Å². The number of thiazole rings is 1. The number of nitrogens with zero attached hydrogens (tertiary/aromatic N) is 4. The molecule has 2 unspecified atom stereocenters. The van der Waals surface area contributed by atoms with E-state index in [0.717, 1.165) is 57.6 Å². The Morgan fingerprint density at radius 3 is 2.04 bits per heavy atom. The highest BCUT2D eigenvalue weighted by Crippen LogP contribution is 2.33. The van der Waals surface area contributed by atoms with Gasteiger partial charge in [0.1, 0.15) is 11.6 Å². The monoisotopic (exact) mass is 733 g/mol. The second kappa shape index (κ2) is 16.2. The number of carbonyl (C=O) groups is 2. The van der Waals surface area contributed by atoms with E-state index in [-0.39, 0.29) is 22.9 Å². The van der Waals surface area contributed by atoms with Crippen molar-refractivity contribution in [2.75, 3.05) is 16.0 Å². The van der Waals surface area contributed by atoms with Gasteiger partial charge >= 0.3 is 6.18 Å². The van der Waals surface area contributed by atoms with Gasteiger partial charge in [0.25, 0.3) is 0 Å². The van der Waals surface area contributed by atoms with E-state index in [0.29, 0.717) is 36.2 Å². The summed E-state index contributed by atoms with van der Waals surface area (Å²) in [6, 6.07) is 19.1. The number of hydrogen-bond acceptors (Lipinski definition) is 6. The lowest BCUT2D eigenvalue weighted by Gasteiger charge is -2.16. The van der Waals surface area contributed by atoms with Crippen molar-refractivity contribution >= 4 is 45.6 Å². The van der Waals surface area contributed by atoms with Crippen LogP contribution in [0.1, 0.15) is 85.3 Å². The molecule has 13 heteroatoms. The average Bonchev–Trinajstić information content (AvgIpc) is 3.78. The summed E-state index contributed by atoms with van der Waals surface area (Å²) in [5, 5.41) is 14.7. The maximum atomic E-state index is 13.4. The number of rotatable bonds is 14. The van der Waals surface area contributed by atoms with Gasteiger partial charge in [-0.05, 0) is 93.3 Å². The number of halogens is 3. The molecule has 0 aliphatic heterocycles. The second-order valence-electron chi connectivity index (χ2n) is 13.7. The molecule has 0 aliphatic carbocycles. The second-order valence-corrected chi connectivity index (χ2v) is 14.6. The van der Waals surface area contributed by atoms with Crippen LogP contribution >= 0.6 is 11.3 Å². The van der Waals surface area contributed by atoms with E-state index in [1.165, 1.54) is 5.56 Å². The van der Waals surface area contributed by atoms with E-state index in [1.807, 2.05) is 59.0 Å². The van der Waals surface area contributed by atoms with E-state index in [9.17, 15) is 22.8 Å². The van der Waals surface area contributed by atoms with E-state index in [2.05, 4.69) is 56.6 Å². The molecule has 52 heavy (non-hydrogen) atoms. The first-order valence-corrected chi connectivity index (χ1v) is 18.3. The molecule has 3 N–H and O–H groups in total. The smallest absolute Gasteiger partial charge is 0.332 e. The fourth-order valence-electron chi connectivity index (χ4n) is 5.98. The molecule has 5 aromatic rings. The van der Waals surface area contributed by atoms with Crippen LogP contribution in [0.25, 0.3) is 0 Å². The Balaban J connectivity index is 1.15. The molecule has 0 saturated heterocycles. The lowest BCUT2D eigenvalue weighted by atomic mass is 9.96. The van der Waals surface area contributed by atoms with Crippen molar-refractivity contribution in [2.24, 2.45) is 13.0 Å². The summed E-state index contributed by atoms with van der Waals surface area (Å²) in [6.07, 6.45) is -2.06. The van der Waals surface area contributed by atoms with E-state index < -0.39 is 17.8 Å². The van der Waals surface area contributed by atoms with Crippen molar-refractivity contribution in [2.45, 2.75) is 85.4 Å². The number of anilines is 4. The Kier molecular flexibility index (Phi) is 11.9. The number of aromatic nitrogens is 4. The van der Waals surface area contributed by atoms with Crippen LogP contribution in [0, 0.1) is 19.8 Å². The Morgan fingerprint density at radius 1 is 0.865 bits per heavy atom. The molecule has 0 aliphatic rings. The van der Waals surface area contributed by atoms with Gasteiger partial charge < -0.3 is 20.5 Å². The van der Waals surface area contributed by atoms with Gasteiger partial charge in [0.2, 0.25) is 11.8 Å². The van der Waals surface area contributed by atoms with Gasteiger partial charge in [-0.15, -0.1) is 11.3 Å². The summed E-state index contributed by atoms with van der Waals surface area (Å²) in [4.78, 5) is 30.1. The highest BCUT2D eigenvalue weighted by atomic mass is 32.1. The van der Waals surface area contributed by atoms with Crippen molar-refractivity contribution in [1.29, 1.82) is 0 Å². The molecule has 0 radical (unpaired) electrons. The summed E-state index contributed by atoms with van der Waals surface area (Å²) >= 11 is 0.873. The molecule has 276 valence electrons. The van der Waals surface area contributed by atoms with Crippen LogP contribution in [0.2, 0.25) is 0 Å². The van der Waals surface area contributed by atoms with Gasteiger partial charge in [-0.2, -0.15) is 18.3 Å². The third-order valence-corrected chi connectivity index (χ3v) is 9.99. The fraction of sp³-hybridized carbons (Fsp3) is 0.385. The van der Waals surface area contributed by atoms with Gasteiger partial charge in [-0.3, -0.25) is 14.3 Å².